The van der Waals surface area contributed by atoms with Crippen LogP contribution in [0.15, 0.2) is 29.2 Å². The summed E-state index contributed by atoms with van der Waals surface area (Å²) in [6.45, 7) is 1.96. The molecule has 1 aromatic rings. The summed E-state index contributed by atoms with van der Waals surface area (Å²) in [4.78, 5) is 0.940. The standard InChI is InChI=1S/C10H10FNS/c1-2-9(7-12)13-10-5-3-8(11)4-6-10/h3-6,9H,2H2,1H3. The molecule has 0 saturated heterocycles. The lowest BCUT2D eigenvalue weighted by Crippen LogP contribution is -1.94. The minimum atomic E-state index is -0.241. The van der Waals surface area contributed by atoms with E-state index in [1.807, 2.05) is 6.92 Å². The molecular formula is C10H10FNS. The van der Waals surface area contributed by atoms with Crippen molar-refractivity contribution in [3.8, 4) is 6.07 Å². The summed E-state index contributed by atoms with van der Waals surface area (Å²) in [6, 6.07) is 8.39. The van der Waals surface area contributed by atoms with Gasteiger partial charge in [-0.1, -0.05) is 6.92 Å². The van der Waals surface area contributed by atoms with Gasteiger partial charge in [0.2, 0.25) is 0 Å². The summed E-state index contributed by atoms with van der Waals surface area (Å²) in [7, 11) is 0. The van der Waals surface area contributed by atoms with Crippen molar-refractivity contribution in [3.63, 3.8) is 0 Å². The summed E-state index contributed by atoms with van der Waals surface area (Å²) >= 11 is 1.47. The number of benzene rings is 1. The molecule has 0 bridgehead atoms. The molecule has 0 amide bonds. The maximum Gasteiger partial charge on any atom is 0.123 e. The van der Waals surface area contributed by atoms with Gasteiger partial charge in [0.05, 0.1) is 11.3 Å². The van der Waals surface area contributed by atoms with Crippen molar-refractivity contribution in [2.24, 2.45) is 0 Å². The van der Waals surface area contributed by atoms with Crippen LogP contribution >= 0.6 is 11.8 Å². The SMILES string of the molecule is CCC(C#N)Sc1ccc(F)cc1. The molecule has 1 aromatic carbocycles. The highest BCUT2D eigenvalue weighted by atomic mass is 32.2. The molecule has 0 N–H and O–H groups in total. The smallest absolute Gasteiger partial charge is 0.123 e. The van der Waals surface area contributed by atoms with E-state index in [1.165, 1.54) is 23.9 Å². The first-order valence-corrected chi connectivity index (χ1v) is 4.96. The highest BCUT2D eigenvalue weighted by Crippen LogP contribution is 2.24. The Bertz CT molecular complexity index is 302. The quantitative estimate of drug-likeness (QED) is 0.691. The summed E-state index contributed by atoms with van der Waals surface area (Å²) in [5.74, 6) is -0.241. The van der Waals surface area contributed by atoms with Crippen LogP contribution in [0, 0.1) is 17.1 Å². The van der Waals surface area contributed by atoms with Crippen LogP contribution in [0.3, 0.4) is 0 Å². The van der Waals surface area contributed by atoms with Crippen LogP contribution in [0.25, 0.3) is 0 Å². The molecular weight excluding hydrogens is 185 g/mol. The van der Waals surface area contributed by atoms with E-state index in [0.717, 1.165) is 11.3 Å². The monoisotopic (exact) mass is 195 g/mol. The Morgan fingerprint density at radius 3 is 2.54 bits per heavy atom. The highest BCUT2D eigenvalue weighted by molar-refractivity contribution is 8.00. The van der Waals surface area contributed by atoms with Crippen molar-refractivity contribution >= 4 is 11.8 Å². The van der Waals surface area contributed by atoms with Crippen molar-refractivity contribution in [3.05, 3.63) is 30.1 Å². The molecule has 0 aliphatic heterocycles. The van der Waals surface area contributed by atoms with Gasteiger partial charge in [-0.15, -0.1) is 11.8 Å². The van der Waals surface area contributed by atoms with Crippen molar-refractivity contribution in [1.82, 2.24) is 0 Å². The Kier molecular flexibility index (Phi) is 3.78. The second-order valence-corrected chi connectivity index (χ2v) is 3.87. The number of rotatable bonds is 3. The van der Waals surface area contributed by atoms with Crippen LogP contribution in [0.1, 0.15) is 13.3 Å². The Balaban J connectivity index is 2.64. The van der Waals surface area contributed by atoms with Crippen LogP contribution in [0.4, 0.5) is 4.39 Å². The number of hydrogen-bond donors (Lipinski definition) is 0. The van der Waals surface area contributed by atoms with Crippen molar-refractivity contribution in [2.45, 2.75) is 23.5 Å². The van der Waals surface area contributed by atoms with Gasteiger partial charge in [0.25, 0.3) is 0 Å². The van der Waals surface area contributed by atoms with Gasteiger partial charge in [0.15, 0.2) is 0 Å². The lowest BCUT2D eigenvalue weighted by Gasteiger charge is -2.04. The highest BCUT2D eigenvalue weighted by Gasteiger charge is 2.05. The number of nitriles is 1. The van der Waals surface area contributed by atoms with Crippen LogP contribution in [0.5, 0.6) is 0 Å². The third-order valence-corrected chi connectivity index (χ3v) is 2.87. The maximum atomic E-state index is 12.5. The Morgan fingerprint density at radius 2 is 2.08 bits per heavy atom. The summed E-state index contributed by atoms with van der Waals surface area (Å²) in [6.07, 6.45) is 0.804. The van der Waals surface area contributed by atoms with Gasteiger partial charge >= 0.3 is 0 Å². The van der Waals surface area contributed by atoms with Gasteiger partial charge in [-0.25, -0.2) is 4.39 Å². The van der Waals surface area contributed by atoms with E-state index < -0.39 is 0 Å². The fraction of sp³-hybridized carbons (Fsp3) is 0.300. The topological polar surface area (TPSA) is 23.8 Å². The molecule has 1 nitrogen and oxygen atoms in total. The number of nitrogens with zero attached hydrogens (tertiary/aromatic N) is 1. The van der Waals surface area contributed by atoms with Crippen molar-refractivity contribution in [1.29, 1.82) is 5.26 Å². The molecule has 13 heavy (non-hydrogen) atoms. The van der Waals surface area contributed by atoms with Crippen LogP contribution in [0.2, 0.25) is 0 Å². The number of halogens is 1. The van der Waals surface area contributed by atoms with Crippen molar-refractivity contribution < 1.29 is 4.39 Å². The van der Waals surface area contributed by atoms with E-state index >= 15 is 0 Å². The van der Waals surface area contributed by atoms with Crippen LogP contribution in [-0.4, -0.2) is 5.25 Å². The van der Waals surface area contributed by atoms with E-state index in [9.17, 15) is 4.39 Å². The zero-order valence-corrected chi connectivity index (χ0v) is 8.14. The van der Waals surface area contributed by atoms with E-state index in [0.29, 0.717) is 0 Å². The first-order chi connectivity index (χ1) is 6.26. The molecule has 0 aliphatic carbocycles. The van der Waals surface area contributed by atoms with Gasteiger partial charge < -0.3 is 0 Å². The molecule has 0 heterocycles. The zero-order valence-electron chi connectivity index (χ0n) is 7.33. The lowest BCUT2D eigenvalue weighted by atomic mass is 10.3. The molecule has 0 spiro atoms. The van der Waals surface area contributed by atoms with E-state index in [1.54, 1.807) is 12.1 Å². The predicted octanol–water partition coefficient (Wildman–Crippen LogP) is 3.22. The first kappa shape index (κ1) is 10.1. The maximum absolute atomic E-state index is 12.5. The minimum Gasteiger partial charge on any atom is -0.207 e. The molecule has 1 atom stereocenters. The zero-order chi connectivity index (χ0) is 9.68. The third-order valence-electron chi connectivity index (χ3n) is 1.61. The van der Waals surface area contributed by atoms with E-state index in [2.05, 4.69) is 6.07 Å². The second-order valence-electron chi connectivity index (χ2n) is 2.60. The molecule has 68 valence electrons. The third kappa shape index (κ3) is 3.08. The fourth-order valence-electron chi connectivity index (χ4n) is 0.878. The van der Waals surface area contributed by atoms with Gasteiger partial charge in [0.1, 0.15) is 5.82 Å². The van der Waals surface area contributed by atoms with Gasteiger partial charge in [-0.3, -0.25) is 0 Å². The molecule has 0 aliphatic rings. The summed E-state index contributed by atoms with van der Waals surface area (Å²) in [5.41, 5.74) is 0. The Labute approximate surface area is 81.6 Å². The molecule has 1 unspecified atom stereocenters. The lowest BCUT2D eigenvalue weighted by molar-refractivity contribution is 0.626. The minimum absolute atomic E-state index is 0.0366. The molecule has 0 aromatic heterocycles. The Hall–Kier alpha value is -1.01. The average Bonchev–Trinajstić information content (AvgIpc) is 2.17. The normalized spacial score (nSPS) is 12.1. The second kappa shape index (κ2) is 4.88. The number of hydrogen-bond acceptors (Lipinski definition) is 2. The van der Waals surface area contributed by atoms with Gasteiger partial charge in [0, 0.05) is 4.90 Å². The molecule has 0 radical (unpaired) electrons. The van der Waals surface area contributed by atoms with E-state index in [4.69, 9.17) is 5.26 Å². The van der Waals surface area contributed by atoms with Crippen molar-refractivity contribution in [2.75, 3.05) is 0 Å². The van der Waals surface area contributed by atoms with E-state index in [-0.39, 0.29) is 11.1 Å². The van der Waals surface area contributed by atoms with Crippen LogP contribution < -0.4 is 0 Å². The molecule has 0 fully saturated rings. The largest absolute Gasteiger partial charge is 0.207 e. The summed E-state index contributed by atoms with van der Waals surface area (Å²) in [5, 5.41) is 8.66. The fourth-order valence-corrected chi connectivity index (χ4v) is 1.72. The summed E-state index contributed by atoms with van der Waals surface area (Å²) < 4.78 is 12.5. The molecule has 3 heteroatoms. The van der Waals surface area contributed by atoms with Gasteiger partial charge in [-0.05, 0) is 30.7 Å². The first-order valence-electron chi connectivity index (χ1n) is 4.08. The molecule has 1 rings (SSSR count). The molecule has 0 saturated carbocycles. The average molecular weight is 195 g/mol. The van der Waals surface area contributed by atoms with Gasteiger partial charge in [-0.2, -0.15) is 5.26 Å². The Morgan fingerprint density at radius 1 is 1.46 bits per heavy atom. The predicted molar refractivity (Wildman–Crippen MR) is 51.9 cm³/mol. The number of thioether (sulfide) groups is 1. The van der Waals surface area contributed by atoms with Crippen LogP contribution in [-0.2, 0) is 0 Å².